The zero-order valence-corrected chi connectivity index (χ0v) is 14.5. The summed E-state index contributed by atoms with van der Waals surface area (Å²) in [6.07, 6.45) is 0. The molecule has 0 saturated carbocycles. The van der Waals surface area contributed by atoms with Crippen LogP contribution in [0.4, 0.5) is 5.69 Å². The number of amides is 1. The highest BCUT2D eigenvalue weighted by Crippen LogP contribution is 2.22. The first kappa shape index (κ1) is 17.2. The maximum absolute atomic E-state index is 12.6. The minimum atomic E-state index is -0.934. The number of nitrogens with zero attached hydrogens (tertiary/aromatic N) is 2. The minimum absolute atomic E-state index is 0.0454. The smallest absolute Gasteiger partial charge is 0.336 e. The Morgan fingerprint density at radius 1 is 1.08 bits per heavy atom. The van der Waals surface area contributed by atoms with Gasteiger partial charge in [0.15, 0.2) is 0 Å². The number of anilines is 1. The van der Waals surface area contributed by atoms with Crippen LogP contribution >= 0.6 is 0 Å². The van der Waals surface area contributed by atoms with Gasteiger partial charge >= 0.3 is 5.97 Å². The number of piperazine rings is 1. The van der Waals surface area contributed by atoms with Crippen molar-refractivity contribution in [3.63, 3.8) is 0 Å². The standard InChI is InChI=1S/C20H22N2O3/c1-14-9-15(2)11-17(10-14)22-8-7-21(13-19(22)23)12-16-5-3-4-6-18(16)20(24)25/h3-6,9-11H,7-8,12-13H2,1-2H3,(H,24,25). The molecule has 5 nitrogen and oxygen atoms in total. The van der Waals surface area contributed by atoms with Crippen LogP contribution in [0.25, 0.3) is 0 Å². The first-order chi connectivity index (χ1) is 11.9. The highest BCUT2D eigenvalue weighted by molar-refractivity contribution is 5.95. The first-order valence-corrected chi connectivity index (χ1v) is 8.36. The van der Waals surface area contributed by atoms with Crippen LogP contribution < -0.4 is 4.90 Å². The highest BCUT2D eigenvalue weighted by Gasteiger charge is 2.26. The zero-order valence-electron chi connectivity index (χ0n) is 14.5. The first-order valence-electron chi connectivity index (χ1n) is 8.36. The Kier molecular flexibility index (Phi) is 4.86. The van der Waals surface area contributed by atoms with Gasteiger partial charge in [0, 0.05) is 25.3 Å². The van der Waals surface area contributed by atoms with Gasteiger partial charge in [-0.3, -0.25) is 9.69 Å². The van der Waals surface area contributed by atoms with Gasteiger partial charge in [-0.2, -0.15) is 0 Å². The number of rotatable bonds is 4. The lowest BCUT2D eigenvalue weighted by atomic mass is 10.1. The molecule has 0 bridgehead atoms. The van der Waals surface area contributed by atoms with Gasteiger partial charge in [-0.05, 0) is 48.7 Å². The van der Waals surface area contributed by atoms with Crippen molar-refractivity contribution in [2.75, 3.05) is 24.5 Å². The van der Waals surface area contributed by atoms with E-state index in [0.717, 1.165) is 22.4 Å². The van der Waals surface area contributed by atoms with E-state index in [1.165, 1.54) is 0 Å². The lowest BCUT2D eigenvalue weighted by Gasteiger charge is -2.34. The van der Waals surface area contributed by atoms with E-state index in [9.17, 15) is 14.7 Å². The molecule has 0 aliphatic carbocycles. The topological polar surface area (TPSA) is 60.9 Å². The molecule has 25 heavy (non-hydrogen) atoms. The predicted octanol–water partition coefficient (Wildman–Crippen LogP) is 2.85. The van der Waals surface area contributed by atoms with Gasteiger partial charge in [0.25, 0.3) is 0 Å². The van der Waals surface area contributed by atoms with Crippen LogP contribution in [0.5, 0.6) is 0 Å². The van der Waals surface area contributed by atoms with E-state index in [1.807, 2.05) is 47.9 Å². The Balaban J connectivity index is 1.72. The van der Waals surface area contributed by atoms with Crippen LogP contribution in [0.1, 0.15) is 27.0 Å². The summed E-state index contributed by atoms with van der Waals surface area (Å²) in [7, 11) is 0. The van der Waals surface area contributed by atoms with Crippen molar-refractivity contribution in [2.45, 2.75) is 20.4 Å². The summed E-state index contributed by atoms with van der Waals surface area (Å²) in [4.78, 5) is 27.8. The number of aryl methyl sites for hydroxylation is 2. The number of hydrogen-bond donors (Lipinski definition) is 1. The van der Waals surface area contributed by atoms with E-state index in [0.29, 0.717) is 31.7 Å². The molecule has 1 saturated heterocycles. The SMILES string of the molecule is Cc1cc(C)cc(N2CCN(Cc3ccccc3C(=O)O)CC2=O)c1. The molecule has 130 valence electrons. The van der Waals surface area contributed by atoms with E-state index < -0.39 is 5.97 Å². The van der Waals surface area contributed by atoms with Crippen LogP contribution in [0, 0.1) is 13.8 Å². The second kappa shape index (κ2) is 7.07. The Morgan fingerprint density at radius 2 is 1.76 bits per heavy atom. The van der Waals surface area contributed by atoms with E-state index in [-0.39, 0.29) is 5.91 Å². The molecule has 1 N–H and O–H groups in total. The zero-order chi connectivity index (χ0) is 18.0. The summed E-state index contributed by atoms with van der Waals surface area (Å²) in [5.74, 6) is -0.889. The average Bonchev–Trinajstić information content (AvgIpc) is 2.54. The Morgan fingerprint density at radius 3 is 2.40 bits per heavy atom. The lowest BCUT2D eigenvalue weighted by molar-refractivity contribution is -0.121. The van der Waals surface area contributed by atoms with Crippen molar-refractivity contribution in [3.8, 4) is 0 Å². The number of carbonyl (C=O) groups is 2. The maximum atomic E-state index is 12.6. The fourth-order valence-corrected chi connectivity index (χ4v) is 3.34. The molecule has 0 radical (unpaired) electrons. The van der Waals surface area contributed by atoms with Crippen molar-refractivity contribution < 1.29 is 14.7 Å². The van der Waals surface area contributed by atoms with Crippen LogP contribution in [-0.2, 0) is 11.3 Å². The van der Waals surface area contributed by atoms with Crippen molar-refractivity contribution in [1.82, 2.24) is 4.90 Å². The van der Waals surface area contributed by atoms with Crippen molar-refractivity contribution in [2.24, 2.45) is 0 Å². The number of carbonyl (C=O) groups excluding carboxylic acids is 1. The Labute approximate surface area is 147 Å². The molecule has 0 spiro atoms. The summed E-state index contributed by atoms with van der Waals surface area (Å²) in [6, 6.07) is 13.1. The normalized spacial score (nSPS) is 15.4. The number of carboxylic acid groups (broad SMARTS) is 1. The third kappa shape index (κ3) is 3.88. The third-order valence-corrected chi connectivity index (χ3v) is 4.46. The molecule has 1 amide bonds. The molecule has 2 aromatic carbocycles. The van der Waals surface area contributed by atoms with Crippen molar-refractivity contribution >= 4 is 17.6 Å². The van der Waals surface area contributed by atoms with E-state index in [4.69, 9.17) is 0 Å². The molecule has 5 heteroatoms. The molecular formula is C20H22N2O3. The maximum Gasteiger partial charge on any atom is 0.336 e. The third-order valence-electron chi connectivity index (χ3n) is 4.46. The molecule has 0 unspecified atom stereocenters. The fourth-order valence-electron chi connectivity index (χ4n) is 3.34. The number of carboxylic acids is 1. The number of hydrogen-bond acceptors (Lipinski definition) is 3. The molecule has 1 aliphatic rings. The van der Waals surface area contributed by atoms with E-state index in [1.54, 1.807) is 12.1 Å². The molecule has 1 aliphatic heterocycles. The number of aromatic carboxylic acids is 1. The average molecular weight is 338 g/mol. The summed E-state index contributed by atoms with van der Waals surface area (Å²) in [5.41, 5.74) is 4.25. The van der Waals surface area contributed by atoms with Gasteiger partial charge in [-0.1, -0.05) is 24.3 Å². The fraction of sp³-hybridized carbons (Fsp3) is 0.300. The van der Waals surface area contributed by atoms with Gasteiger partial charge in [0.2, 0.25) is 5.91 Å². The van der Waals surface area contributed by atoms with Crippen LogP contribution in [0.15, 0.2) is 42.5 Å². The Hall–Kier alpha value is -2.66. The van der Waals surface area contributed by atoms with Crippen LogP contribution in [0.3, 0.4) is 0 Å². The van der Waals surface area contributed by atoms with E-state index >= 15 is 0 Å². The van der Waals surface area contributed by atoms with Gasteiger partial charge in [-0.15, -0.1) is 0 Å². The van der Waals surface area contributed by atoms with E-state index in [2.05, 4.69) is 6.07 Å². The molecule has 3 rings (SSSR count). The van der Waals surface area contributed by atoms with Gasteiger partial charge < -0.3 is 10.0 Å². The molecular weight excluding hydrogens is 316 g/mol. The second-order valence-corrected chi connectivity index (χ2v) is 6.56. The summed E-state index contributed by atoms with van der Waals surface area (Å²) in [6.45, 7) is 6.14. The monoisotopic (exact) mass is 338 g/mol. The quantitative estimate of drug-likeness (QED) is 0.931. The van der Waals surface area contributed by atoms with Crippen molar-refractivity contribution in [1.29, 1.82) is 0 Å². The highest BCUT2D eigenvalue weighted by atomic mass is 16.4. The largest absolute Gasteiger partial charge is 0.478 e. The van der Waals surface area contributed by atoms with Gasteiger partial charge in [0.1, 0.15) is 0 Å². The van der Waals surface area contributed by atoms with Crippen molar-refractivity contribution in [3.05, 3.63) is 64.7 Å². The molecule has 0 aromatic heterocycles. The van der Waals surface area contributed by atoms with Crippen LogP contribution in [0.2, 0.25) is 0 Å². The minimum Gasteiger partial charge on any atom is -0.478 e. The lowest BCUT2D eigenvalue weighted by Crippen LogP contribution is -2.50. The van der Waals surface area contributed by atoms with Crippen LogP contribution in [-0.4, -0.2) is 41.5 Å². The predicted molar refractivity (Wildman–Crippen MR) is 96.9 cm³/mol. The van der Waals surface area contributed by atoms with Gasteiger partial charge in [-0.25, -0.2) is 4.79 Å². The second-order valence-electron chi connectivity index (χ2n) is 6.56. The summed E-state index contributed by atoms with van der Waals surface area (Å²) in [5, 5.41) is 9.30. The molecule has 2 aromatic rings. The number of benzene rings is 2. The Bertz CT molecular complexity index is 796. The summed E-state index contributed by atoms with van der Waals surface area (Å²) < 4.78 is 0. The molecule has 1 heterocycles. The summed E-state index contributed by atoms with van der Waals surface area (Å²) >= 11 is 0. The van der Waals surface area contributed by atoms with Gasteiger partial charge in [0.05, 0.1) is 12.1 Å². The molecule has 0 atom stereocenters. The molecule has 1 fully saturated rings.